The number of hydrogen-bond donors (Lipinski definition) is 1. The lowest BCUT2D eigenvalue weighted by Gasteiger charge is -2.19. The van der Waals surface area contributed by atoms with Gasteiger partial charge in [-0.1, -0.05) is 22.9 Å². The first-order valence-electron chi connectivity index (χ1n) is 9.63. The fourth-order valence-electron chi connectivity index (χ4n) is 3.26. The minimum absolute atomic E-state index is 0.0440. The maximum Gasteiger partial charge on any atom is 0.416 e. The Balaban J connectivity index is 1.51. The van der Waals surface area contributed by atoms with Crippen molar-refractivity contribution in [2.75, 3.05) is 5.32 Å². The van der Waals surface area contributed by atoms with Crippen LogP contribution < -0.4 is 5.32 Å². The monoisotopic (exact) mass is 441 g/mol. The van der Waals surface area contributed by atoms with E-state index in [4.69, 9.17) is 4.52 Å². The molecular weight excluding hydrogens is 423 g/mol. The smallest absolute Gasteiger partial charge is 0.355 e. The molecule has 0 aliphatic heterocycles. The Hall–Kier alpha value is -3.95. The van der Waals surface area contributed by atoms with Crippen LogP contribution in [0.25, 0.3) is 11.3 Å². The molecule has 1 atom stereocenters. The third-order valence-corrected chi connectivity index (χ3v) is 4.91. The summed E-state index contributed by atoms with van der Waals surface area (Å²) in [6.45, 7) is 3.21. The molecule has 0 bridgehead atoms. The lowest BCUT2D eigenvalue weighted by molar-refractivity contribution is -0.138. The van der Waals surface area contributed by atoms with Gasteiger partial charge in [0.2, 0.25) is 0 Å². The molecular formula is C22H18F3N5O2. The number of hydrogen-bond acceptors (Lipinski definition) is 5. The summed E-state index contributed by atoms with van der Waals surface area (Å²) in [5, 5.41) is 10.5. The fourth-order valence-corrected chi connectivity index (χ4v) is 3.26. The molecule has 1 aromatic carbocycles. The quantitative estimate of drug-likeness (QED) is 0.465. The van der Waals surface area contributed by atoms with Crippen molar-refractivity contribution in [1.29, 1.82) is 0 Å². The number of halogens is 3. The summed E-state index contributed by atoms with van der Waals surface area (Å²) in [6, 6.07) is 8.44. The Morgan fingerprint density at radius 1 is 1.19 bits per heavy atom. The molecule has 1 amide bonds. The summed E-state index contributed by atoms with van der Waals surface area (Å²) < 4.78 is 47.0. The van der Waals surface area contributed by atoms with E-state index in [2.05, 4.69) is 20.6 Å². The van der Waals surface area contributed by atoms with E-state index < -0.39 is 23.7 Å². The van der Waals surface area contributed by atoms with E-state index in [1.54, 1.807) is 44.4 Å². The highest BCUT2D eigenvalue weighted by atomic mass is 19.4. The molecule has 4 rings (SSSR count). The zero-order chi connectivity index (χ0) is 22.9. The van der Waals surface area contributed by atoms with Crippen LogP contribution in [0.15, 0.2) is 65.7 Å². The maximum absolute atomic E-state index is 13.5. The van der Waals surface area contributed by atoms with E-state index in [1.807, 2.05) is 0 Å². The number of carbonyl (C=O) groups is 1. The molecule has 7 nitrogen and oxygen atoms in total. The van der Waals surface area contributed by atoms with Crippen molar-refractivity contribution in [3.63, 3.8) is 0 Å². The van der Waals surface area contributed by atoms with Gasteiger partial charge >= 0.3 is 6.18 Å². The van der Waals surface area contributed by atoms with Crippen LogP contribution in [-0.2, 0) is 6.18 Å². The molecule has 0 radical (unpaired) electrons. The molecule has 1 N–H and O–H groups in total. The third kappa shape index (κ3) is 4.39. The highest BCUT2D eigenvalue weighted by molar-refractivity contribution is 6.03. The van der Waals surface area contributed by atoms with Crippen molar-refractivity contribution in [3.8, 4) is 11.3 Å². The van der Waals surface area contributed by atoms with Gasteiger partial charge in [0.1, 0.15) is 0 Å². The summed E-state index contributed by atoms with van der Waals surface area (Å²) in [4.78, 5) is 16.5. The number of rotatable bonds is 5. The average Bonchev–Trinajstić information content (AvgIpc) is 3.43. The van der Waals surface area contributed by atoms with Crippen molar-refractivity contribution < 1.29 is 22.5 Å². The van der Waals surface area contributed by atoms with E-state index in [1.165, 1.54) is 29.2 Å². The number of aromatic nitrogens is 4. The van der Waals surface area contributed by atoms with Crippen LogP contribution >= 0.6 is 0 Å². The molecule has 32 heavy (non-hydrogen) atoms. The highest BCUT2D eigenvalue weighted by Crippen LogP contribution is 2.36. The summed E-state index contributed by atoms with van der Waals surface area (Å²) in [6.07, 6.45) is 1.52. The van der Waals surface area contributed by atoms with Crippen LogP contribution in [-0.4, -0.2) is 25.8 Å². The Labute approximate surface area is 180 Å². The zero-order valence-electron chi connectivity index (χ0n) is 17.1. The predicted octanol–water partition coefficient (Wildman–Crippen LogP) is 5.12. The van der Waals surface area contributed by atoms with Gasteiger partial charge in [0.25, 0.3) is 5.91 Å². The highest BCUT2D eigenvalue weighted by Gasteiger charge is 2.35. The summed E-state index contributed by atoms with van der Waals surface area (Å²) in [7, 11) is 0. The van der Waals surface area contributed by atoms with Gasteiger partial charge in [0.15, 0.2) is 11.5 Å². The molecule has 164 valence electrons. The van der Waals surface area contributed by atoms with Gasteiger partial charge in [-0.25, -0.2) is 0 Å². The largest absolute Gasteiger partial charge is 0.416 e. The van der Waals surface area contributed by atoms with Crippen molar-refractivity contribution in [3.05, 3.63) is 83.6 Å². The minimum Gasteiger partial charge on any atom is -0.355 e. The van der Waals surface area contributed by atoms with Gasteiger partial charge in [-0.05, 0) is 37.6 Å². The molecule has 0 fully saturated rings. The van der Waals surface area contributed by atoms with Gasteiger partial charge in [0, 0.05) is 30.2 Å². The number of nitrogens with zero attached hydrogens (tertiary/aromatic N) is 4. The van der Waals surface area contributed by atoms with Crippen LogP contribution in [0.3, 0.4) is 0 Å². The van der Waals surface area contributed by atoms with Gasteiger partial charge in [-0.15, -0.1) is 0 Å². The average molecular weight is 441 g/mol. The SMILES string of the molecule is Cc1ccc([C@@H](C)n2cc(NC(=O)c3cc(-c4cccnc4)on3)cn2)c(C(F)(F)F)c1. The van der Waals surface area contributed by atoms with Crippen molar-refractivity contribution in [1.82, 2.24) is 19.9 Å². The number of carbonyl (C=O) groups excluding carboxylic acids is 1. The van der Waals surface area contributed by atoms with Crippen LogP contribution in [0.5, 0.6) is 0 Å². The molecule has 0 aliphatic carbocycles. The maximum atomic E-state index is 13.5. The molecule has 0 unspecified atom stereocenters. The molecule has 4 aromatic rings. The van der Waals surface area contributed by atoms with Crippen molar-refractivity contribution in [2.24, 2.45) is 0 Å². The van der Waals surface area contributed by atoms with Crippen LogP contribution in [0, 0.1) is 6.92 Å². The number of nitrogens with one attached hydrogen (secondary N) is 1. The first-order chi connectivity index (χ1) is 15.2. The summed E-state index contributed by atoms with van der Waals surface area (Å²) >= 11 is 0. The third-order valence-electron chi connectivity index (χ3n) is 4.91. The van der Waals surface area contributed by atoms with Crippen molar-refractivity contribution in [2.45, 2.75) is 26.1 Å². The zero-order valence-corrected chi connectivity index (χ0v) is 17.1. The fraction of sp³-hybridized carbons (Fsp3) is 0.182. The Morgan fingerprint density at radius 2 is 2.00 bits per heavy atom. The number of benzene rings is 1. The second-order valence-electron chi connectivity index (χ2n) is 7.25. The molecule has 3 heterocycles. The number of alkyl halides is 3. The molecule has 3 aromatic heterocycles. The number of amides is 1. The number of anilines is 1. The van der Waals surface area contributed by atoms with Crippen LogP contribution in [0.2, 0.25) is 0 Å². The van der Waals surface area contributed by atoms with Gasteiger partial charge in [-0.3, -0.25) is 14.5 Å². The molecule has 10 heteroatoms. The molecule has 0 spiro atoms. The van der Waals surface area contributed by atoms with E-state index in [-0.39, 0.29) is 11.3 Å². The van der Waals surface area contributed by atoms with E-state index >= 15 is 0 Å². The normalized spacial score (nSPS) is 12.5. The Morgan fingerprint density at radius 3 is 2.72 bits per heavy atom. The first-order valence-corrected chi connectivity index (χ1v) is 9.63. The first kappa shape index (κ1) is 21.3. The van der Waals surface area contributed by atoms with Crippen LogP contribution in [0.4, 0.5) is 18.9 Å². The number of aryl methyl sites for hydroxylation is 1. The summed E-state index contributed by atoms with van der Waals surface area (Å²) in [5.41, 5.74) is 0.911. The van der Waals surface area contributed by atoms with E-state index in [9.17, 15) is 18.0 Å². The van der Waals surface area contributed by atoms with Gasteiger partial charge < -0.3 is 9.84 Å². The molecule has 0 saturated heterocycles. The summed E-state index contributed by atoms with van der Waals surface area (Å²) in [5.74, 6) is -0.158. The predicted molar refractivity (Wildman–Crippen MR) is 110 cm³/mol. The lowest BCUT2D eigenvalue weighted by Crippen LogP contribution is -2.16. The standard InChI is InChI=1S/C22H18F3N5O2/c1-13-5-6-17(18(8-13)22(23,24)25)14(2)30-12-16(11-27-30)28-21(31)19-9-20(32-29-19)15-4-3-7-26-10-15/h3-12,14H,1-2H3,(H,28,31)/t14-/m1/s1. The van der Waals surface area contributed by atoms with Gasteiger partial charge in [-0.2, -0.15) is 18.3 Å². The van der Waals surface area contributed by atoms with Gasteiger partial charge in [0.05, 0.1) is 23.5 Å². The van der Waals surface area contributed by atoms with Crippen molar-refractivity contribution >= 4 is 11.6 Å². The van der Waals surface area contributed by atoms with E-state index in [0.717, 1.165) is 6.07 Å². The minimum atomic E-state index is -4.49. The topological polar surface area (TPSA) is 85.8 Å². The second kappa shape index (κ2) is 8.29. The molecule has 0 aliphatic rings. The molecule has 0 saturated carbocycles. The number of pyridine rings is 1. The lowest BCUT2D eigenvalue weighted by atomic mass is 9.99. The van der Waals surface area contributed by atoms with Crippen LogP contribution in [0.1, 0.15) is 40.1 Å². The Bertz CT molecular complexity index is 1250. The Kier molecular flexibility index (Phi) is 5.52. The second-order valence-corrected chi connectivity index (χ2v) is 7.25. The van der Waals surface area contributed by atoms with E-state index in [0.29, 0.717) is 22.6 Å².